The first kappa shape index (κ1) is 89.1. The lowest BCUT2D eigenvalue weighted by Gasteiger charge is -2.21. The molecule has 0 fully saturated rings. The molecule has 0 aliphatic carbocycles. The Morgan fingerprint density at radius 3 is 0.780 bits per heavy atom. The molecule has 91 heavy (non-hydrogen) atoms. The first-order valence-electron chi connectivity index (χ1n) is 37.2. The van der Waals surface area contributed by atoms with Crippen LogP contribution in [0.25, 0.3) is 0 Å². The zero-order chi connectivity index (χ0) is 67.5. The number of hydrogen-bond acceptors (Lipinski definition) is 15. The Labute approximate surface area is 556 Å². The van der Waals surface area contributed by atoms with E-state index >= 15 is 0 Å². The summed E-state index contributed by atoms with van der Waals surface area (Å²) in [6.07, 6.45) is 44.4. The molecule has 0 spiro atoms. The summed E-state index contributed by atoms with van der Waals surface area (Å²) in [6, 6.07) is 0. The van der Waals surface area contributed by atoms with Crippen LogP contribution < -0.4 is 0 Å². The molecule has 0 aromatic rings. The highest BCUT2D eigenvalue weighted by molar-refractivity contribution is 7.47. The lowest BCUT2D eigenvalue weighted by molar-refractivity contribution is -0.161. The maximum atomic E-state index is 13.0. The monoisotopic (exact) mass is 1340 g/mol. The van der Waals surface area contributed by atoms with E-state index < -0.39 is 97.5 Å². The van der Waals surface area contributed by atoms with Crippen molar-refractivity contribution in [2.45, 2.75) is 375 Å². The molecule has 0 rings (SSSR count). The molecular weight excluding hydrogens is 1200 g/mol. The molecule has 0 heterocycles. The predicted octanol–water partition coefficient (Wildman–Crippen LogP) is 20.5. The number of esters is 4. The minimum Gasteiger partial charge on any atom is -0.462 e. The third-order valence-corrected chi connectivity index (χ3v) is 18.8. The third-order valence-electron chi connectivity index (χ3n) is 16.9. The fraction of sp³-hybridized carbons (Fsp3) is 0.944. The van der Waals surface area contributed by atoms with E-state index in [4.69, 9.17) is 37.0 Å². The lowest BCUT2D eigenvalue weighted by Crippen LogP contribution is -2.30. The molecule has 0 amide bonds. The second-order valence-corrected chi connectivity index (χ2v) is 30.6. The molecule has 0 saturated carbocycles. The Balaban J connectivity index is 5.26. The number of aliphatic hydroxyl groups excluding tert-OH is 1. The Morgan fingerprint density at radius 1 is 0.308 bits per heavy atom. The van der Waals surface area contributed by atoms with Gasteiger partial charge in [0, 0.05) is 25.7 Å². The molecule has 19 heteroatoms. The second-order valence-electron chi connectivity index (χ2n) is 27.6. The van der Waals surface area contributed by atoms with Crippen LogP contribution in [0.3, 0.4) is 0 Å². The summed E-state index contributed by atoms with van der Waals surface area (Å²) in [7, 11) is -9.91. The van der Waals surface area contributed by atoms with Gasteiger partial charge in [-0.1, -0.05) is 306 Å². The topological polar surface area (TPSA) is 237 Å². The van der Waals surface area contributed by atoms with Gasteiger partial charge in [0.25, 0.3) is 0 Å². The molecule has 0 aliphatic heterocycles. The summed E-state index contributed by atoms with van der Waals surface area (Å²) in [5.74, 6) is 0.905. The predicted molar refractivity (Wildman–Crippen MR) is 367 cm³/mol. The van der Waals surface area contributed by atoms with Gasteiger partial charge in [0.1, 0.15) is 19.3 Å². The first-order chi connectivity index (χ1) is 43.6. The second kappa shape index (κ2) is 61.6. The van der Waals surface area contributed by atoms with Crippen molar-refractivity contribution >= 4 is 39.5 Å². The minimum atomic E-state index is -4.95. The molecule has 17 nitrogen and oxygen atoms in total. The van der Waals surface area contributed by atoms with E-state index in [9.17, 15) is 43.2 Å². The first-order valence-corrected chi connectivity index (χ1v) is 40.2. The van der Waals surface area contributed by atoms with Gasteiger partial charge in [-0.2, -0.15) is 0 Å². The van der Waals surface area contributed by atoms with Crippen molar-refractivity contribution < 1.29 is 80.2 Å². The molecular formula is C72H140O17P2. The number of phosphoric acid groups is 2. The molecule has 0 bridgehead atoms. The average molecular weight is 1340 g/mol. The van der Waals surface area contributed by atoms with Crippen LogP contribution in [0.1, 0.15) is 357 Å². The van der Waals surface area contributed by atoms with E-state index in [0.29, 0.717) is 31.6 Å². The maximum absolute atomic E-state index is 13.0. The maximum Gasteiger partial charge on any atom is 0.472 e. The Hall–Kier alpha value is -1.94. The van der Waals surface area contributed by atoms with Crippen molar-refractivity contribution in [1.29, 1.82) is 0 Å². The summed E-state index contributed by atoms with van der Waals surface area (Å²) >= 11 is 0. The highest BCUT2D eigenvalue weighted by Gasteiger charge is 2.30. The highest BCUT2D eigenvalue weighted by atomic mass is 31.2. The molecule has 540 valence electrons. The fourth-order valence-corrected chi connectivity index (χ4v) is 12.4. The van der Waals surface area contributed by atoms with Crippen LogP contribution in [0, 0.1) is 23.7 Å². The van der Waals surface area contributed by atoms with Crippen molar-refractivity contribution in [3.63, 3.8) is 0 Å². The van der Waals surface area contributed by atoms with Crippen LogP contribution >= 0.6 is 15.6 Å². The van der Waals surface area contributed by atoms with Crippen LogP contribution in [0.5, 0.6) is 0 Å². The van der Waals surface area contributed by atoms with Gasteiger partial charge in [0.05, 0.1) is 26.4 Å². The number of unbranched alkanes of at least 4 members (excludes halogenated alkanes) is 34. The zero-order valence-corrected chi connectivity index (χ0v) is 61.3. The summed E-state index contributed by atoms with van der Waals surface area (Å²) in [6.45, 7) is 14.1. The molecule has 6 atom stereocenters. The van der Waals surface area contributed by atoms with Crippen molar-refractivity contribution in [2.24, 2.45) is 23.7 Å². The quantitative estimate of drug-likeness (QED) is 0.0222. The Kier molecular flexibility index (Phi) is 60.3. The molecule has 0 aromatic heterocycles. The van der Waals surface area contributed by atoms with E-state index in [0.717, 1.165) is 114 Å². The summed E-state index contributed by atoms with van der Waals surface area (Å²) < 4.78 is 68.4. The third kappa shape index (κ3) is 65.1. The van der Waals surface area contributed by atoms with E-state index in [1.54, 1.807) is 0 Å². The van der Waals surface area contributed by atoms with Crippen LogP contribution in [0.15, 0.2) is 0 Å². The molecule has 0 saturated heterocycles. The lowest BCUT2D eigenvalue weighted by atomic mass is 9.99. The van der Waals surface area contributed by atoms with Gasteiger partial charge in [-0.15, -0.1) is 0 Å². The van der Waals surface area contributed by atoms with E-state index in [2.05, 4.69) is 55.4 Å². The number of phosphoric ester groups is 2. The molecule has 0 aliphatic rings. The Morgan fingerprint density at radius 2 is 0.527 bits per heavy atom. The van der Waals surface area contributed by atoms with Crippen LogP contribution in [0.4, 0.5) is 0 Å². The van der Waals surface area contributed by atoms with Crippen LogP contribution in [0.2, 0.25) is 0 Å². The van der Waals surface area contributed by atoms with Gasteiger partial charge >= 0.3 is 39.5 Å². The normalized spacial score (nSPS) is 14.5. The molecule has 0 aromatic carbocycles. The summed E-state index contributed by atoms with van der Waals surface area (Å²) in [5.41, 5.74) is 0. The van der Waals surface area contributed by atoms with Gasteiger partial charge < -0.3 is 33.8 Å². The van der Waals surface area contributed by atoms with Gasteiger partial charge in [-0.25, -0.2) is 9.13 Å². The standard InChI is InChI=1S/C72H140O17P2/c1-9-65(8)51-43-35-27-19-14-16-20-28-36-44-52-69(74)82-58-67(88-72(77)55-47-39-30-22-15-13-18-25-33-41-49-63(4)5)60-86-90(78,79)84-56-66(73)57-85-91(80,81)87-61-68(59-83-70(75)53-45-37-31-23-26-34-42-50-64(6)7)89-71(76)54-46-38-29-21-12-10-11-17-24-32-40-48-62(2)3/h62-68,73H,9-61H2,1-8H3,(H,78,79)(H,80,81)/t65?,66?,67-,68-/m1/s1. The number of ether oxygens (including phenoxy) is 4. The van der Waals surface area contributed by atoms with Crippen molar-refractivity contribution in [3.8, 4) is 0 Å². The van der Waals surface area contributed by atoms with Gasteiger partial charge in [-0.05, 0) is 49.4 Å². The van der Waals surface area contributed by atoms with E-state index in [-0.39, 0.29) is 25.7 Å². The zero-order valence-electron chi connectivity index (χ0n) is 59.5. The van der Waals surface area contributed by atoms with Gasteiger partial charge in [0.15, 0.2) is 12.2 Å². The Bertz CT molecular complexity index is 1800. The smallest absolute Gasteiger partial charge is 0.462 e. The molecule has 3 N–H and O–H groups in total. The van der Waals surface area contributed by atoms with Crippen LogP contribution in [-0.4, -0.2) is 96.7 Å². The minimum absolute atomic E-state index is 0.105. The number of carbonyl (C=O) groups excluding carboxylic acids is 4. The highest BCUT2D eigenvalue weighted by Crippen LogP contribution is 2.45. The fourth-order valence-electron chi connectivity index (χ4n) is 10.8. The van der Waals surface area contributed by atoms with Gasteiger partial charge in [-0.3, -0.25) is 37.3 Å². The summed E-state index contributed by atoms with van der Waals surface area (Å²) in [5, 5.41) is 10.6. The number of rotatable bonds is 69. The van der Waals surface area contributed by atoms with Crippen molar-refractivity contribution in [2.75, 3.05) is 39.6 Å². The van der Waals surface area contributed by atoms with E-state index in [1.807, 2.05) is 0 Å². The molecule has 4 unspecified atom stereocenters. The van der Waals surface area contributed by atoms with Crippen LogP contribution in [-0.2, 0) is 65.4 Å². The number of carbonyl (C=O) groups is 4. The number of aliphatic hydroxyl groups is 1. The van der Waals surface area contributed by atoms with Crippen molar-refractivity contribution in [1.82, 2.24) is 0 Å². The SMILES string of the molecule is CCC(C)CCCCCCCCCCCCC(=O)OC[C@H](COP(=O)(O)OCC(O)COP(=O)(O)OC[C@@H](COC(=O)CCCCCCCCCC(C)C)OC(=O)CCCCCCCCCCCCCC(C)C)OC(=O)CCCCCCCCCCCCC(C)C. The number of hydrogen-bond donors (Lipinski definition) is 3. The average Bonchev–Trinajstić information content (AvgIpc) is 3.67. The largest absolute Gasteiger partial charge is 0.472 e. The van der Waals surface area contributed by atoms with Gasteiger partial charge in [0.2, 0.25) is 0 Å². The molecule has 0 radical (unpaired) electrons. The summed E-state index contributed by atoms with van der Waals surface area (Å²) in [4.78, 5) is 72.6. The van der Waals surface area contributed by atoms with E-state index in [1.165, 1.54) is 154 Å². The van der Waals surface area contributed by atoms with Crippen molar-refractivity contribution in [3.05, 3.63) is 0 Å².